The smallest absolute Gasteiger partial charge is 0.258 e. The van der Waals surface area contributed by atoms with Crippen LogP contribution in [0.25, 0.3) is 0 Å². The molecule has 2 heterocycles. The number of anilines is 1. The number of nitrogens with zero attached hydrogens (tertiary/aromatic N) is 1. The van der Waals surface area contributed by atoms with Gasteiger partial charge in [0, 0.05) is 32.5 Å². The summed E-state index contributed by atoms with van der Waals surface area (Å²) in [5.74, 6) is -0.799. The number of nitrogens with one attached hydrogen (secondary N) is 2. The van der Waals surface area contributed by atoms with Gasteiger partial charge < -0.3 is 10.6 Å². The standard InChI is InChI=1S/C19H20FN3O/c20-15-7-4-8-16-17(15)18(24)22-19(21-16)9-11-23(12-10-19)13-14-5-2-1-3-6-14/h1-8,21H,9-13H2,(H,22,24). The SMILES string of the molecule is O=C1NC2(CCN(Cc3ccccc3)CC2)Nc2cccc(F)c21. The molecule has 1 saturated heterocycles. The largest absolute Gasteiger partial charge is 0.362 e. The monoisotopic (exact) mass is 325 g/mol. The molecular formula is C19H20FN3O. The number of amides is 1. The zero-order valence-electron chi connectivity index (χ0n) is 13.4. The third-order valence-corrected chi connectivity index (χ3v) is 4.93. The van der Waals surface area contributed by atoms with Crippen molar-refractivity contribution in [3.63, 3.8) is 0 Å². The maximum absolute atomic E-state index is 13.9. The van der Waals surface area contributed by atoms with Crippen LogP contribution >= 0.6 is 0 Å². The Labute approximate surface area is 140 Å². The molecule has 24 heavy (non-hydrogen) atoms. The van der Waals surface area contributed by atoms with E-state index in [2.05, 4.69) is 39.8 Å². The Hall–Kier alpha value is -2.40. The number of carbonyl (C=O) groups excluding carboxylic acids is 1. The number of hydrogen-bond acceptors (Lipinski definition) is 3. The summed E-state index contributed by atoms with van der Waals surface area (Å²) in [5, 5.41) is 6.37. The van der Waals surface area contributed by atoms with Crippen LogP contribution in [0, 0.1) is 5.82 Å². The summed E-state index contributed by atoms with van der Waals surface area (Å²) in [6.45, 7) is 2.68. The number of hydrogen-bond donors (Lipinski definition) is 2. The first kappa shape index (κ1) is 15.1. The Bertz CT molecular complexity index is 754. The van der Waals surface area contributed by atoms with Crippen molar-refractivity contribution in [2.75, 3.05) is 18.4 Å². The number of rotatable bonds is 2. The van der Waals surface area contributed by atoms with Crippen molar-refractivity contribution in [2.24, 2.45) is 0 Å². The van der Waals surface area contributed by atoms with E-state index in [-0.39, 0.29) is 11.5 Å². The summed E-state index contributed by atoms with van der Waals surface area (Å²) in [7, 11) is 0. The van der Waals surface area contributed by atoms with Crippen LogP contribution in [-0.4, -0.2) is 29.6 Å². The Morgan fingerprint density at radius 2 is 1.75 bits per heavy atom. The maximum atomic E-state index is 13.9. The zero-order chi connectivity index (χ0) is 16.6. The first-order chi connectivity index (χ1) is 11.7. The quantitative estimate of drug-likeness (QED) is 0.892. The van der Waals surface area contributed by atoms with Crippen molar-refractivity contribution in [3.8, 4) is 0 Å². The molecule has 5 heteroatoms. The van der Waals surface area contributed by atoms with E-state index in [0.29, 0.717) is 5.69 Å². The van der Waals surface area contributed by atoms with Crippen LogP contribution < -0.4 is 10.6 Å². The lowest BCUT2D eigenvalue weighted by atomic mass is 9.92. The van der Waals surface area contributed by atoms with Gasteiger partial charge in [-0.2, -0.15) is 0 Å². The molecular weight excluding hydrogens is 305 g/mol. The highest BCUT2D eigenvalue weighted by molar-refractivity contribution is 6.02. The summed E-state index contributed by atoms with van der Waals surface area (Å²) in [6, 6.07) is 15.1. The topological polar surface area (TPSA) is 44.4 Å². The van der Waals surface area contributed by atoms with Gasteiger partial charge in [0.05, 0.1) is 11.3 Å². The van der Waals surface area contributed by atoms with Gasteiger partial charge in [0.25, 0.3) is 5.91 Å². The van der Waals surface area contributed by atoms with E-state index in [1.807, 2.05) is 6.07 Å². The van der Waals surface area contributed by atoms with Gasteiger partial charge in [-0.15, -0.1) is 0 Å². The normalized spacial score (nSPS) is 19.5. The Morgan fingerprint density at radius 3 is 2.50 bits per heavy atom. The van der Waals surface area contributed by atoms with Crippen LogP contribution in [0.5, 0.6) is 0 Å². The van der Waals surface area contributed by atoms with Gasteiger partial charge >= 0.3 is 0 Å². The fourth-order valence-corrected chi connectivity index (χ4v) is 3.61. The summed E-state index contributed by atoms with van der Waals surface area (Å²) < 4.78 is 13.9. The molecule has 1 spiro atoms. The molecule has 4 nitrogen and oxygen atoms in total. The number of halogens is 1. The minimum atomic E-state index is -0.478. The van der Waals surface area contributed by atoms with Gasteiger partial charge in [-0.1, -0.05) is 36.4 Å². The van der Waals surface area contributed by atoms with Gasteiger partial charge in [-0.25, -0.2) is 4.39 Å². The number of benzene rings is 2. The fourth-order valence-electron chi connectivity index (χ4n) is 3.61. The summed E-state index contributed by atoms with van der Waals surface area (Å²) >= 11 is 0. The van der Waals surface area contributed by atoms with Crippen molar-refractivity contribution in [3.05, 3.63) is 65.5 Å². The molecule has 124 valence electrons. The van der Waals surface area contributed by atoms with Crippen LogP contribution in [0.1, 0.15) is 28.8 Å². The molecule has 1 amide bonds. The van der Waals surface area contributed by atoms with Crippen LogP contribution in [-0.2, 0) is 6.54 Å². The molecule has 2 aliphatic rings. The molecule has 2 aliphatic heterocycles. The number of carbonyl (C=O) groups is 1. The molecule has 2 aromatic rings. The first-order valence-corrected chi connectivity index (χ1v) is 8.31. The van der Waals surface area contributed by atoms with Crippen molar-refractivity contribution in [2.45, 2.75) is 25.0 Å². The number of fused-ring (bicyclic) bond motifs is 1. The third kappa shape index (κ3) is 2.76. The average Bonchev–Trinajstić information content (AvgIpc) is 2.58. The van der Waals surface area contributed by atoms with E-state index >= 15 is 0 Å². The Balaban J connectivity index is 1.46. The van der Waals surface area contributed by atoms with Gasteiger partial charge in [0.2, 0.25) is 0 Å². The second kappa shape index (κ2) is 5.91. The average molecular weight is 325 g/mol. The first-order valence-electron chi connectivity index (χ1n) is 8.31. The van der Waals surface area contributed by atoms with E-state index in [1.165, 1.54) is 11.6 Å². The second-order valence-corrected chi connectivity index (χ2v) is 6.59. The van der Waals surface area contributed by atoms with Crippen molar-refractivity contribution in [1.82, 2.24) is 10.2 Å². The van der Waals surface area contributed by atoms with E-state index in [0.717, 1.165) is 32.5 Å². The predicted molar refractivity (Wildman–Crippen MR) is 91.2 cm³/mol. The molecule has 0 saturated carbocycles. The van der Waals surface area contributed by atoms with E-state index in [4.69, 9.17) is 0 Å². The molecule has 1 fully saturated rings. The minimum Gasteiger partial charge on any atom is -0.362 e. The highest BCUT2D eigenvalue weighted by Crippen LogP contribution is 2.32. The van der Waals surface area contributed by atoms with Gasteiger partial charge in [0.15, 0.2) is 0 Å². The van der Waals surface area contributed by atoms with E-state index in [9.17, 15) is 9.18 Å². The van der Waals surface area contributed by atoms with Crippen LogP contribution in [0.2, 0.25) is 0 Å². The lowest BCUT2D eigenvalue weighted by Gasteiger charge is -2.46. The van der Waals surface area contributed by atoms with Gasteiger partial charge in [-0.05, 0) is 17.7 Å². The summed E-state index contributed by atoms with van der Waals surface area (Å²) in [4.78, 5) is 14.7. The molecule has 2 aromatic carbocycles. The molecule has 0 bridgehead atoms. The van der Waals surface area contributed by atoms with Crippen molar-refractivity contribution >= 4 is 11.6 Å². The van der Waals surface area contributed by atoms with Crippen LogP contribution in [0.3, 0.4) is 0 Å². The van der Waals surface area contributed by atoms with E-state index < -0.39 is 11.5 Å². The Kier molecular flexibility index (Phi) is 3.73. The minimum absolute atomic E-state index is 0.120. The molecule has 0 atom stereocenters. The molecule has 0 unspecified atom stereocenters. The Morgan fingerprint density at radius 1 is 1.00 bits per heavy atom. The van der Waals surface area contributed by atoms with Gasteiger partial charge in [-0.3, -0.25) is 9.69 Å². The van der Waals surface area contributed by atoms with Crippen molar-refractivity contribution in [1.29, 1.82) is 0 Å². The molecule has 0 aliphatic carbocycles. The fraction of sp³-hybridized carbons (Fsp3) is 0.316. The lowest BCUT2D eigenvalue weighted by molar-refractivity contribution is 0.0817. The highest BCUT2D eigenvalue weighted by atomic mass is 19.1. The summed E-state index contributed by atoms with van der Waals surface area (Å²) in [5.41, 5.74) is 1.54. The third-order valence-electron chi connectivity index (χ3n) is 4.93. The highest BCUT2D eigenvalue weighted by Gasteiger charge is 2.40. The van der Waals surface area contributed by atoms with E-state index in [1.54, 1.807) is 12.1 Å². The second-order valence-electron chi connectivity index (χ2n) is 6.59. The van der Waals surface area contributed by atoms with Crippen LogP contribution in [0.15, 0.2) is 48.5 Å². The van der Waals surface area contributed by atoms with Gasteiger partial charge in [0.1, 0.15) is 11.5 Å². The maximum Gasteiger partial charge on any atom is 0.258 e. The summed E-state index contributed by atoms with van der Waals surface area (Å²) in [6.07, 6.45) is 1.59. The molecule has 0 aromatic heterocycles. The van der Waals surface area contributed by atoms with Crippen LogP contribution in [0.4, 0.5) is 10.1 Å². The molecule has 2 N–H and O–H groups in total. The number of likely N-dealkylation sites (tertiary alicyclic amines) is 1. The molecule has 4 rings (SSSR count). The zero-order valence-corrected chi connectivity index (χ0v) is 13.4. The molecule has 0 radical (unpaired) electrons. The lowest BCUT2D eigenvalue weighted by Crippen LogP contribution is -2.62. The predicted octanol–water partition coefficient (Wildman–Crippen LogP) is 2.97. The number of piperidine rings is 1. The van der Waals surface area contributed by atoms with Crippen molar-refractivity contribution < 1.29 is 9.18 Å².